The first-order valence-corrected chi connectivity index (χ1v) is 9.63. The van der Waals surface area contributed by atoms with Gasteiger partial charge in [0.05, 0.1) is 5.56 Å². The summed E-state index contributed by atoms with van der Waals surface area (Å²) in [5, 5.41) is 0. The van der Waals surface area contributed by atoms with E-state index in [2.05, 4.69) is 4.90 Å². The fourth-order valence-corrected chi connectivity index (χ4v) is 4.15. The minimum absolute atomic E-state index is 0.0486. The summed E-state index contributed by atoms with van der Waals surface area (Å²) in [6, 6.07) is 0. The van der Waals surface area contributed by atoms with E-state index in [0.29, 0.717) is 30.3 Å². The van der Waals surface area contributed by atoms with E-state index < -0.39 is 0 Å². The number of piperidine rings is 1. The maximum Gasteiger partial charge on any atom is 0.257 e. The highest BCUT2D eigenvalue weighted by molar-refractivity contribution is 5.97. The van der Waals surface area contributed by atoms with Crippen molar-refractivity contribution in [3.63, 3.8) is 0 Å². The van der Waals surface area contributed by atoms with Crippen molar-refractivity contribution in [3.8, 4) is 0 Å². The minimum atomic E-state index is 0.0486. The van der Waals surface area contributed by atoms with E-state index in [-0.39, 0.29) is 11.8 Å². The van der Waals surface area contributed by atoms with Crippen molar-refractivity contribution in [1.82, 2.24) is 9.80 Å². The van der Waals surface area contributed by atoms with Crippen molar-refractivity contribution < 1.29 is 14.0 Å². The van der Waals surface area contributed by atoms with Crippen molar-refractivity contribution >= 4 is 11.8 Å². The molecular formula is C20H30N2O3. The second kappa shape index (κ2) is 7.63. The Morgan fingerprint density at radius 2 is 1.44 bits per heavy atom. The van der Waals surface area contributed by atoms with E-state index in [4.69, 9.17) is 4.42 Å². The summed E-state index contributed by atoms with van der Waals surface area (Å²) in [5.41, 5.74) is 1.64. The molecule has 0 spiro atoms. The molecule has 1 aromatic rings. The van der Waals surface area contributed by atoms with E-state index in [1.165, 1.54) is 12.8 Å². The van der Waals surface area contributed by atoms with Crippen LogP contribution in [0, 0.1) is 26.7 Å². The lowest BCUT2D eigenvalue weighted by Crippen LogP contribution is -2.44. The molecule has 2 saturated heterocycles. The predicted octanol–water partition coefficient (Wildman–Crippen LogP) is 3.46. The normalized spacial score (nSPS) is 19.8. The number of amides is 2. The highest BCUT2D eigenvalue weighted by atomic mass is 16.3. The van der Waals surface area contributed by atoms with Gasteiger partial charge in [0.1, 0.15) is 11.5 Å². The molecule has 0 N–H and O–H groups in total. The molecule has 3 heterocycles. The van der Waals surface area contributed by atoms with Crippen LogP contribution in [-0.2, 0) is 4.79 Å². The first kappa shape index (κ1) is 18.0. The van der Waals surface area contributed by atoms with Gasteiger partial charge in [-0.15, -0.1) is 0 Å². The van der Waals surface area contributed by atoms with E-state index in [1.807, 2.05) is 25.7 Å². The zero-order valence-corrected chi connectivity index (χ0v) is 15.8. The van der Waals surface area contributed by atoms with Crippen LogP contribution in [0.25, 0.3) is 0 Å². The third-order valence-corrected chi connectivity index (χ3v) is 5.82. The molecule has 0 aromatic carbocycles. The third kappa shape index (κ3) is 3.75. The van der Waals surface area contributed by atoms with E-state index in [9.17, 15) is 9.59 Å². The number of carbonyl (C=O) groups excluding carboxylic acids is 2. The molecule has 2 aliphatic rings. The lowest BCUT2D eigenvalue weighted by atomic mass is 9.94. The van der Waals surface area contributed by atoms with Crippen LogP contribution in [0.1, 0.15) is 66.0 Å². The van der Waals surface area contributed by atoms with Crippen molar-refractivity contribution in [2.24, 2.45) is 5.92 Å². The number of likely N-dealkylation sites (tertiary alicyclic amines) is 2. The quantitative estimate of drug-likeness (QED) is 0.824. The van der Waals surface area contributed by atoms with Gasteiger partial charge < -0.3 is 14.2 Å². The van der Waals surface area contributed by atoms with Gasteiger partial charge in [-0.25, -0.2) is 0 Å². The van der Waals surface area contributed by atoms with Crippen molar-refractivity contribution in [3.05, 3.63) is 22.6 Å². The standard InChI is InChI=1S/C20H30N2O3/c1-14-15(2)25-16(3)18(14)20(24)22-12-8-17(9-13-22)19(23)21-10-6-4-5-7-11-21/h17H,4-13H2,1-3H3. The Kier molecular flexibility index (Phi) is 5.50. The van der Waals surface area contributed by atoms with Gasteiger partial charge in [0.2, 0.25) is 5.91 Å². The van der Waals surface area contributed by atoms with Gasteiger partial charge in [-0.05, 0) is 46.5 Å². The molecule has 1 aromatic heterocycles. The number of hydrogen-bond donors (Lipinski definition) is 0. The third-order valence-electron chi connectivity index (χ3n) is 5.82. The van der Waals surface area contributed by atoms with Crippen molar-refractivity contribution in [2.75, 3.05) is 26.2 Å². The maximum atomic E-state index is 12.8. The number of hydrogen-bond acceptors (Lipinski definition) is 3. The maximum absolute atomic E-state index is 12.8. The van der Waals surface area contributed by atoms with Gasteiger partial charge in [0.15, 0.2) is 0 Å². The molecule has 2 aliphatic heterocycles. The zero-order chi connectivity index (χ0) is 18.0. The van der Waals surface area contributed by atoms with Gasteiger partial charge in [0, 0.05) is 37.7 Å². The Bertz CT molecular complexity index is 634. The molecule has 138 valence electrons. The molecule has 0 unspecified atom stereocenters. The molecule has 3 rings (SSSR count). The number of nitrogens with zero attached hydrogens (tertiary/aromatic N) is 2. The first-order valence-electron chi connectivity index (χ1n) is 9.63. The van der Waals surface area contributed by atoms with Crippen LogP contribution in [0.2, 0.25) is 0 Å². The zero-order valence-electron chi connectivity index (χ0n) is 15.8. The van der Waals surface area contributed by atoms with E-state index >= 15 is 0 Å². The molecule has 2 fully saturated rings. The lowest BCUT2D eigenvalue weighted by Gasteiger charge is -2.34. The highest BCUT2D eigenvalue weighted by Crippen LogP contribution is 2.26. The topological polar surface area (TPSA) is 53.8 Å². The Morgan fingerprint density at radius 3 is 1.96 bits per heavy atom. The van der Waals surface area contributed by atoms with E-state index in [1.54, 1.807) is 0 Å². The van der Waals surface area contributed by atoms with Crippen LogP contribution in [0.5, 0.6) is 0 Å². The summed E-state index contributed by atoms with van der Waals surface area (Å²) in [6.45, 7) is 8.82. The Balaban J connectivity index is 1.59. The Morgan fingerprint density at radius 1 is 0.840 bits per heavy atom. The van der Waals surface area contributed by atoms with Gasteiger partial charge in [-0.2, -0.15) is 0 Å². The summed E-state index contributed by atoms with van der Waals surface area (Å²) in [4.78, 5) is 29.6. The number of carbonyl (C=O) groups is 2. The second-order valence-electron chi connectivity index (χ2n) is 7.52. The van der Waals surface area contributed by atoms with Crippen LogP contribution in [0.15, 0.2) is 4.42 Å². The van der Waals surface area contributed by atoms with Crippen LogP contribution in [-0.4, -0.2) is 47.8 Å². The SMILES string of the molecule is Cc1oc(C)c(C(=O)N2CCC(C(=O)N3CCCCCC3)CC2)c1C. The molecule has 5 nitrogen and oxygen atoms in total. The molecule has 0 saturated carbocycles. The van der Waals surface area contributed by atoms with Crippen molar-refractivity contribution in [1.29, 1.82) is 0 Å². The molecule has 0 bridgehead atoms. The van der Waals surface area contributed by atoms with Gasteiger partial charge in [-0.3, -0.25) is 9.59 Å². The summed E-state index contributed by atoms with van der Waals surface area (Å²) >= 11 is 0. The fourth-order valence-electron chi connectivity index (χ4n) is 4.15. The summed E-state index contributed by atoms with van der Waals surface area (Å²) in [7, 11) is 0. The molecule has 0 radical (unpaired) electrons. The second-order valence-corrected chi connectivity index (χ2v) is 7.52. The number of furan rings is 1. The first-order chi connectivity index (χ1) is 12.0. The van der Waals surface area contributed by atoms with Gasteiger partial charge >= 0.3 is 0 Å². The molecule has 5 heteroatoms. The van der Waals surface area contributed by atoms with Crippen LogP contribution in [0.4, 0.5) is 0 Å². The van der Waals surface area contributed by atoms with Gasteiger partial charge in [-0.1, -0.05) is 12.8 Å². The summed E-state index contributed by atoms with van der Waals surface area (Å²) in [5.74, 6) is 1.94. The number of rotatable bonds is 2. The fraction of sp³-hybridized carbons (Fsp3) is 0.700. The molecule has 25 heavy (non-hydrogen) atoms. The monoisotopic (exact) mass is 346 g/mol. The largest absolute Gasteiger partial charge is 0.466 e. The smallest absolute Gasteiger partial charge is 0.257 e. The molecule has 2 amide bonds. The van der Waals surface area contributed by atoms with E-state index in [0.717, 1.165) is 50.1 Å². The molecular weight excluding hydrogens is 316 g/mol. The number of aryl methyl sites for hydroxylation is 2. The average molecular weight is 346 g/mol. The average Bonchev–Trinajstić information content (AvgIpc) is 2.80. The minimum Gasteiger partial charge on any atom is -0.466 e. The molecule has 0 atom stereocenters. The Labute approximate surface area is 150 Å². The summed E-state index contributed by atoms with van der Waals surface area (Å²) < 4.78 is 5.60. The highest BCUT2D eigenvalue weighted by Gasteiger charge is 2.32. The Hall–Kier alpha value is -1.78. The lowest BCUT2D eigenvalue weighted by molar-refractivity contribution is -0.136. The van der Waals surface area contributed by atoms with Crippen LogP contribution < -0.4 is 0 Å². The van der Waals surface area contributed by atoms with Gasteiger partial charge in [0.25, 0.3) is 5.91 Å². The van der Waals surface area contributed by atoms with Crippen molar-refractivity contribution in [2.45, 2.75) is 59.3 Å². The molecule has 0 aliphatic carbocycles. The summed E-state index contributed by atoms with van der Waals surface area (Å²) in [6.07, 6.45) is 6.27. The van der Waals surface area contributed by atoms with Crippen LogP contribution in [0.3, 0.4) is 0 Å². The predicted molar refractivity (Wildman–Crippen MR) is 96.6 cm³/mol. The van der Waals surface area contributed by atoms with Crippen LogP contribution >= 0.6 is 0 Å².